The summed E-state index contributed by atoms with van der Waals surface area (Å²) in [6, 6.07) is 16.1. The average Bonchev–Trinajstić information content (AvgIpc) is 2.69. The highest BCUT2D eigenvalue weighted by molar-refractivity contribution is 6.42. The van der Waals surface area contributed by atoms with Crippen LogP contribution in [0.25, 0.3) is 22.3 Å². The molecular formula is C24H17Cl3O3. The Labute approximate surface area is 188 Å². The molecule has 152 valence electrons. The van der Waals surface area contributed by atoms with Gasteiger partial charge in [-0.2, -0.15) is 0 Å². The van der Waals surface area contributed by atoms with Crippen LogP contribution in [0.4, 0.5) is 0 Å². The molecule has 0 N–H and O–H groups in total. The zero-order chi connectivity index (χ0) is 21.4. The average molecular weight is 460 g/mol. The zero-order valence-corrected chi connectivity index (χ0v) is 18.5. The van der Waals surface area contributed by atoms with E-state index in [9.17, 15) is 4.79 Å². The van der Waals surface area contributed by atoms with Gasteiger partial charge in [-0.15, -0.1) is 0 Å². The van der Waals surface area contributed by atoms with Gasteiger partial charge >= 0.3 is 0 Å². The molecule has 0 amide bonds. The highest BCUT2D eigenvalue weighted by Gasteiger charge is 2.21. The molecule has 30 heavy (non-hydrogen) atoms. The number of hydrogen-bond donors (Lipinski definition) is 0. The van der Waals surface area contributed by atoms with Crippen molar-refractivity contribution in [3.8, 4) is 17.1 Å². The van der Waals surface area contributed by atoms with Crippen LogP contribution in [0, 0.1) is 13.8 Å². The summed E-state index contributed by atoms with van der Waals surface area (Å²) in [5.41, 5.74) is 3.43. The molecule has 1 aromatic heterocycles. The lowest BCUT2D eigenvalue weighted by Crippen LogP contribution is -2.11. The van der Waals surface area contributed by atoms with Crippen LogP contribution in [0.1, 0.15) is 16.7 Å². The van der Waals surface area contributed by atoms with Crippen molar-refractivity contribution in [2.45, 2.75) is 20.5 Å². The van der Waals surface area contributed by atoms with Gasteiger partial charge in [0.15, 0.2) is 5.76 Å². The van der Waals surface area contributed by atoms with Crippen LogP contribution >= 0.6 is 34.8 Å². The van der Waals surface area contributed by atoms with E-state index in [-0.39, 0.29) is 17.8 Å². The first kappa shape index (κ1) is 20.8. The maximum Gasteiger partial charge on any atom is 0.235 e. The molecule has 1 heterocycles. The largest absolute Gasteiger partial charge is 0.481 e. The second kappa shape index (κ2) is 8.35. The van der Waals surface area contributed by atoms with Crippen molar-refractivity contribution in [1.82, 2.24) is 0 Å². The highest BCUT2D eigenvalue weighted by atomic mass is 35.5. The normalized spacial score (nSPS) is 11.1. The van der Waals surface area contributed by atoms with Crippen LogP contribution in [0.3, 0.4) is 0 Å². The van der Waals surface area contributed by atoms with Gasteiger partial charge in [0.05, 0.1) is 20.5 Å². The van der Waals surface area contributed by atoms with E-state index in [1.807, 2.05) is 38.1 Å². The van der Waals surface area contributed by atoms with E-state index in [0.717, 1.165) is 16.7 Å². The predicted molar refractivity (Wildman–Crippen MR) is 123 cm³/mol. The fraction of sp³-hybridized carbons (Fsp3) is 0.125. The Morgan fingerprint density at radius 1 is 0.900 bits per heavy atom. The summed E-state index contributed by atoms with van der Waals surface area (Å²) in [7, 11) is 0. The number of fused-ring (bicyclic) bond motifs is 1. The lowest BCUT2D eigenvalue weighted by atomic mass is 10.0. The quantitative estimate of drug-likeness (QED) is 0.315. The van der Waals surface area contributed by atoms with Crippen molar-refractivity contribution in [3.05, 3.63) is 96.6 Å². The van der Waals surface area contributed by atoms with Gasteiger partial charge in [0.2, 0.25) is 11.2 Å². The van der Waals surface area contributed by atoms with Crippen LogP contribution in [-0.2, 0) is 6.61 Å². The number of halogens is 3. The fourth-order valence-electron chi connectivity index (χ4n) is 3.41. The molecule has 0 aliphatic heterocycles. The van der Waals surface area contributed by atoms with E-state index in [2.05, 4.69) is 0 Å². The Bertz CT molecular complexity index is 1330. The number of hydrogen-bond acceptors (Lipinski definition) is 3. The van der Waals surface area contributed by atoms with Crippen molar-refractivity contribution in [2.24, 2.45) is 0 Å². The molecule has 0 aliphatic rings. The Hall–Kier alpha value is -2.46. The van der Waals surface area contributed by atoms with Gasteiger partial charge in [-0.25, -0.2) is 0 Å². The minimum Gasteiger partial charge on any atom is -0.481 e. The molecule has 0 saturated heterocycles. The summed E-state index contributed by atoms with van der Waals surface area (Å²) >= 11 is 18.5. The summed E-state index contributed by atoms with van der Waals surface area (Å²) in [4.78, 5) is 13.4. The molecule has 0 atom stereocenters. The molecule has 0 bridgehead atoms. The summed E-state index contributed by atoms with van der Waals surface area (Å²) in [6.45, 7) is 3.95. The van der Waals surface area contributed by atoms with Crippen molar-refractivity contribution in [2.75, 3.05) is 0 Å². The molecule has 3 aromatic carbocycles. The molecule has 4 rings (SSSR count). The van der Waals surface area contributed by atoms with Crippen molar-refractivity contribution in [1.29, 1.82) is 0 Å². The van der Waals surface area contributed by atoms with E-state index in [4.69, 9.17) is 44.0 Å². The molecule has 4 aromatic rings. The first-order valence-corrected chi connectivity index (χ1v) is 10.4. The molecule has 3 nitrogen and oxygen atoms in total. The van der Waals surface area contributed by atoms with Gasteiger partial charge in [0.25, 0.3) is 0 Å². The molecule has 0 radical (unpaired) electrons. The van der Waals surface area contributed by atoms with Gasteiger partial charge in [0.1, 0.15) is 12.2 Å². The lowest BCUT2D eigenvalue weighted by Gasteiger charge is -2.14. The van der Waals surface area contributed by atoms with Gasteiger partial charge < -0.3 is 9.15 Å². The summed E-state index contributed by atoms with van der Waals surface area (Å²) < 4.78 is 12.2. The number of rotatable bonds is 4. The summed E-state index contributed by atoms with van der Waals surface area (Å²) in [6.07, 6.45) is 0. The highest BCUT2D eigenvalue weighted by Crippen LogP contribution is 2.36. The van der Waals surface area contributed by atoms with Crippen molar-refractivity contribution >= 4 is 45.8 Å². The van der Waals surface area contributed by atoms with Crippen LogP contribution in [-0.4, -0.2) is 0 Å². The Morgan fingerprint density at radius 3 is 2.40 bits per heavy atom. The molecular weight excluding hydrogens is 443 g/mol. The van der Waals surface area contributed by atoms with Crippen molar-refractivity contribution < 1.29 is 9.15 Å². The van der Waals surface area contributed by atoms with Crippen LogP contribution in [0.5, 0.6) is 5.75 Å². The van der Waals surface area contributed by atoms with Gasteiger partial charge in [0, 0.05) is 5.56 Å². The number of ether oxygens (including phenoxy) is 1. The fourth-order valence-corrected chi connectivity index (χ4v) is 3.95. The smallest absolute Gasteiger partial charge is 0.235 e. The van der Waals surface area contributed by atoms with Crippen LogP contribution in [0.2, 0.25) is 15.1 Å². The Balaban J connectivity index is 1.90. The second-order valence-corrected chi connectivity index (χ2v) is 8.28. The van der Waals surface area contributed by atoms with Gasteiger partial charge in [-0.05, 0) is 60.9 Å². The third kappa shape index (κ3) is 3.93. The molecule has 6 heteroatoms. The third-order valence-corrected chi connectivity index (χ3v) is 5.85. The topological polar surface area (TPSA) is 39.4 Å². The molecule has 0 spiro atoms. The minimum absolute atomic E-state index is 0.105. The second-order valence-electron chi connectivity index (χ2n) is 7.06. The van der Waals surface area contributed by atoms with E-state index in [0.29, 0.717) is 37.4 Å². The van der Waals surface area contributed by atoms with Crippen LogP contribution < -0.4 is 10.2 Å². The standard InChI is InChI=1S/C24H17Cl3O3/c1-13-9-14(2)21-20(10-13)30-23(16-5-3-4-6-17(16)25)24(22(21)28)29-12-15-7-8-18(26)19(27)11-15/h3-11H,12H2,1-2H3. The SMILES string of the molecule is Cc1cc(C)c2c(=O)c(OCc3ccc(Cl)c(Cl)c3)c(-c3ccccc3Cl)oc2c1. The Kier molecular flexibility index (Phi) is 5.79. The maximum atomic E-state index is 13.4. The van der Waals surface area contributed by atoms with E-state index in [1.54, 1.807) is 30.3 Å². The minimum atomic E-state index is -0.247. The predicted octanol–water partition coefficient (Wildman–Crippen LogP) is 7.62. The van der Waals surface area contributed by atoms with E-state index < -0.39 is 0 Å². The van der Waals surface area contributed by atoms with E-state index >= 15 is 0 Å². The first-order valence-electron chi connectivity index (χ1n) is 9.25. The molecule has 0 unspecified atom stereocenters. The third-order valence-electron chi connectivity index (χ3n) is 4.78. The van der Waals surface area contributed by atoms with Crippen LogP contribution in [0.15, 0.2) is 63.8 Å². The number of benzene rings is 3. The summed E-state index contributed by atoms with van der Waals surface area (Å²) in [5.74, 6) is 0.400. The summed E-state index contributed by atoms with van der Waals surface area (Å²) in [5, 5.41) is 1.82. The Morgan fingerprint density at radius 2 is 1.67 bits per heavy atom. The first-order chi connectivity index (χ1) is 14.3. The molecule has 0 saturated carbocycles. The van der Waals surface area contributed by atoms with Gasteiger partial charge in [-0.1, -0.05) is 59.1 Å². The molecule has 0 aliphatic carbocycles. The number of aryl methyl sites for hydroxylation is 2. The maximum absolute atomic E-state index is 13.4. The monoisotopic (exact) mass is 458 g/mol. The van der Waals surface area contributed by atoms with E-state index in [1.165, 1.54) is 0 Å². The zero-order valence-electron chi connectivity index (χ0n) is 16.3. The lowest BCUT2D eigenvalue weighted by molar-refractivity contribution is 0.298. The van der Waals surface area contributed by atoms with Crippen molar-refractivity contribution in [3.63, 3.8) is 0 Å². The van der Waals surface area contributed by atoms with Gasteiger partial charge in [-0.3, -0.25) is 4.79 Å². The molecule has 0 fully saturated rings.